The molecule has 0 N–H and O–H groups in total. The smallest absolute Gasteiger partial charge is 0.118 e. The fraction of sp³-hybridized carbons (Fsp3) is 0.429. The molecule has 1 heteroatoms. The van der Waals surface area contributed by atoms with E-state index in [2.05, 4.69) is 25.6 Å². The van der Waals surface area contributed by atoms with Crippen molar-refractivity contribution in [2.24, 2.45) is 0 Å². The molecule has 0 aliphatic rings. The van der Waals surface area contributed by atoms with Crippen molar-refractivity contribution in [1.82, 2.24) is 0 Å². The fourth-order valence-electron chi connectivity index (χ4n) is 1.56. The number of allylic oxidation sites excluding steroid dienone is 1. The van der Waals surface area contributed by atoms with Crippen LogP contribution in [0.5, 0.6) is 5.75 Å². The molecule has 0 bridgehead atoms. The maximum Gasteiger partial charge on any atom is 0.118 e. The minimum atomic E-state index is 0.903. The average Bonchev–Trinajstić information content (AvgIpc) is 2.29. The number of rotatable bonds is 6. The van der Waals surface area contributed by atoms with Crippen molar-refractivity contribution in [2.45, 2.75) is 32.6 Å². The van der Waals surface area contributed by atoms with E-state index in [1.165, 1.54) is 30.4 Å². The van der Waals surface area contributed by atoms with Gasteiger partial charge in [-0.25, -0.2) is 0 Å². The topological polar surface area (TPSA) is 9.23 Å². The molecular weight excluding hydrogens is 184 g/mol. The lowest BCUT2D eigenvalue weighted by Gasteiger charge is -2.06. The molecule has 0 saturated heterocycles. The monoisotopic (exact) mass is 204 g/mol. The van der Waals surface area contributed by atoms with E-state index < -0.39 is 0 Å². The molecule has 0 amide bonds. The van der Waals surface area contributed by atoms with Crippen molar-refractivity contribution in [3.63, 3.8) is 0 Å². The third kappa shape index (κ3) is 3.78. The molecule has 0 fully saturated rings. The Kier molecular flexibility index (Phi) is 4.96. The van der Waals surface area contributed by atoms with Gasteiger partial charge < -0.3 is 4.74 Å². The second kappa shape index (κ2) is 6.28. The molecule has 15 heavy (non-hydrogen) atoms. The second-order valence-electron chi connectivity index (χ2n) is 3.79. The van der Waals surface area contributed by atoms with Crippen LogP contribution in [0.4, 0.5) is 0 Å². The van der Waals surface area contributed by atoms with Gasteiger partial charge in [0.1, 0.15) is 5.75 Å². The van der Waals surface area contributed by atoms with E-state index in [-0.39, 0.29) is 0 Å². The van der Waals surface area contributed by atoms with Gasteiger partial charge in [0.05, 0.1) is 7.11 Å². The van der Waals surface area contributed by atoms with Crippen molar-refractivity contribution in [1.29, 1.82) is 0 Å². The van der Waals surface area contributed by atoms with E-state index in [1.807, 2.05) is 12.1 Å². The van der Waals surface area contributed by atoms with E-state index in [0.717, 1.165) is 12.2 Å². The average molecular weight is 204 g/mol. The van der Waals surface area contributed by atoms with Gasteiger partial charge in [-0.3, -0.25) is 0 Å². The third-order valence-electron chi connectivity index (χ3n) is 2.58. The Morgan fingerprint density at radius 2 is 1.87 bits per heavy atom. The van der Waals surface area contributed by atoms with Crippen LogP contribution in [0.2, 0.25) is 0 Å². The SMILES string of the molecule is C=C(CCCCC)c1ccc(OC)cc1. The van der Waals surface area contributed by atoms with Gasteiger partial charge in [0.2, 0.25) is 0 Å². The summed E-state index contributed by atoms with van der Waals surface area (Å²) >= 11 is 0. The molecular formula is C14H20O. The van der Waals surface area contributed by atoms with Gasteiger partial charge >= 0.3 is 0 Å². The number of ether oxygens (including phenoxy) is 1. The first-order valence-corrected chi connectivity index (χ1v) is 5.60. The Bertz CT molecular complexity index is 298. The summed E-state index contributed by atoms with van der Waals surface area (Å²) in [5.41, 5.74) is 2.46. The number of hydrogen-bond donors (Lipinski definition) is 0. The largest absolute Gasteiger partial charge is 0.497 e. The quantitative estimate of drug-likeness (QED) is 0.628. The molecule has 0 saturated carbocycles. The van der Waals surface area contributed by atoms with E-state index in [9.17, 15) is 0 Å². The van der Waals surface area contributed by atoms with E-state index in [1.54, 1.807) is 7.11 Å². The number of methoxy groups -OCH3 is 1. The first-order valence-electron chi connectivity index (χ1n) is 5.60. The van der Waals surface area contributed by atoms with Crippen LogP contribution >= 0.6 is 0 Å². The van der Waals surface area contributed by atoms with Crippen molar-refractivity contribution in [2.75, 3.05) is 7.11 Å². The minimum absolute atomic E-state index is 0.903. The van der Waals surface area contributed by atoms with E-state index in [4.69, 9.17) is 4.74 Å². The lowest BCUT2D eigenvalue weighted by Crippen LogP contribution is -1.86. The molecule has 1 aromatic carbocycles. The maximum atomic E-state index is 5.12. The zero-order valence-corrected chi connectivity index (χ0v) is 9.75. The molecule has 0 heterocycles. The zero-order valence-electron chi connectivity index (χ0n) is 9.75. The van der Waals surface area contributed by atoms with Gasteiger partial charge in [0.25, 0.3) is 0 Å². The maximum absolute atomic E-state index is 5.12. The molecule has 1 aromatic rings. The summed E-state index contributed by atoms with van der Waals surface area (Å²) in [4.78, 5) is 0. The number of unbranched alkanes of at least 4 members (excludes halogenated alkanes) is 2. The predicted molar refractivity (Wildman–Crippen MR) is 66.2 cm³/mol. The highest BCUT2D eigenvalue weighted by molar-refractivity contribution is 5.63. The highest BCUT2D eigenvalue weighted by atomic mass is 16.5. The fourth-order valence-corrected chi connectivity index (χ4v) is 1.56. The number of benzene rings is 1. The molecule has 0 aliphatic carbocycles. The van der Waals surface area contributed by atoms with Crippen molar-refractivity contribution >= 4 is 5.57 Å². The second-order valence-corrected chi connectivity index (χ2v) is 3.79. The normalized spacial score (nSPS) is 10.0. The standard InChI is InChI=1S/C14H20O/c1-4-5-6-7-12(2)13-8-10-14(15-3)11-9-13/h8-11H,2,4-7H2,1,3H3. The van der Waals surface area contributed by atoms with Crippen LogP contribution < -0.4 is 4.74 Å². The van der Waals surface area contributed by atoms with Gasteiger partial charge in [-0.1, -0.05) is 38.5 Å². The van der Waals surface area contributed by atoms with Gasteiger partial charge in [0, 0.05) is 0 Å². The van der Waals surface area contributed by atoms with Crippen molar-refractivity contribution < 1.29 is 4.74 Å². The number of hydrogen-bond acceptors (Lipinski definition) is 1. The Balaban J connectivity index is 2.50. The Hall–Kier alpha value is -1.24. The summed E-state index contributed by atoms with van der Waals surface area (Å²) in [6, 6.07) is 8.13. The third-order valence-corrected chi connectivity index (χ3v) is 2.58. The van der Waals surface area contributed by atoms with Crippen LogP contribution in [-0.2, 0) is 0 Å². The van der Waals surface area contributed by atoms with Crippen LogP contribution in [0.3, 0.4) is 0 Å². The van der Waals surface area contributed by atoms with Crippen LogP contribution in [0.25, 0.3) is 5.57 Å². The summed E-state index contributed by atoms with van der Waals surface area (Å²) in [6.07, 6.45) is 4.88. The molecule has 0 aromatic heterocycles. The molecule has 0 atom stereocenters. The molecule has 0 aliphatic heterocycles. The Labute approximate surface area is 92.8 Å². The van der Waals surface area contributed by atoms with Crippen molar-refractivity contribution in [3.05, 3.63) is 36.4 Å². The Morgan fingerprint density at radius 1 is 1.20 bits per heavy atom. The van der Waals surface area contributed by atoms with Gasteiger partial charge in [0.15, 0.2) is 0 Å². The van der Waals surface area contributed by atoms with Crippen LogP contribution in [0, 0.1) is 0 Å². The zero-order chi connectivity index (χ0) is 11.1. The van der Waals surface area contributed by atoms with Crippen LogP contribution in [-0.4, -0.2) is 7.11 Å². The first kappa shape index (κ1) is 11.8. The summed E-state index contributed by atoms with van der Waals surface area (Å²) < 4.78 is 5.12. The molecule has 0 spiro atoms. The van der Waals surface area contributed by atoms with Crippen LogP contribution in [0.1, 0.15) is 38.2 Å². The summed E-state index contributed by atoms with van der Waals surface area (Å²) in [5, 5.41) is 0. The van der Waals surface area contributed by atoms with Crippen molar-refractivity contribution in [3.8, 4) is 5.75 Å². The van der Waals surface area contributed by atoms with Gasteiger partial charge in [-0.05, 0) is 36.1 Å². The molecule has 0 radical (unpaired) electrons. The van der Waals surface area contributed by atoms with Crippen LogP contribution in [0.15, 0.2) is 30.8 Å². The summed E-state index contributed by atoms with van der Waals surface area (Å²) in [5.74, 6) is 0.903. The van der Waals surface area contributed by atoms with Gasteiger partial charge in [-0.15, -0.1) is 0 Å². The van der Waals surface area contributed by atoms with E-state index in [0.29, 0.717) is 0 Å². The Morgan fingerprint density at radius 3 is 2.40 bits per heavy atom. The highest BCUT2D eigenvalue weighted by Gasteiger charge is 1.99. The summed E-state index contributed by atoms with van der Waals surface area (Å²) in [7, 11) is 1.69. The predicted octanol–water partition coefficient (Wildman–Crippen LogP) is 4.29. The summed E-state index contributed by atoms with van der Waals surface area (Å²) in [6.45, 7) is 6.33. The molecule has 82 valence electrons. The first-order chi connectivity index (χ1) is 7.27. The lowest BCUT2D eigenvalue weighted by molar-refractivity contribution is 0.415. The molecule has 1 rings (SSSR count). The molecule has 1 nitrogen and oxygen atoms in total. The lowest BCUT2D eigenvalue weighted by atomic mass is 10.0. The van der Waals surface area contributed by atoms with Gasteiger partial charge in [-0.2, -0.15) is 0 Å². The highest BCUT2D eigenvalue weighted by Crippen LogP contribution is 2.21. The molecule has 0 unspecified atom stereocenters. The van der Waals surface area contributed by atoms with E-state index >= 15 is 0 Å². The minimum Gasteiger partial charge on any atom is -0.497 e.